The van der Waals surface area contributed by atoms with E-state index in [4.69, 9.17) is 9.47 Å². The Morgan fingerprint density at radius 1 is 1.38 bits per heavy atom. The fourth-order valence-electron chi connectivity index (χ4n) is 3.32. The van der Waals surface area contributed by atoms with Crippen LogP contribution in [0.3, 0.4) is 0 Å². The van der Waals surface area contributed by atoms with Crippen LogP contribution in [-0.2, 0) is 4.79 Å². The van der Waals surface area contributed by atoms with E-state index in [0.717, 1.165) is 25.9 Å². The Bertz CT molecular complexity index is 652. The summed E-state index contributed by atoms with van der Waals surface area (Å²) in [5.41, 5.74) is -0.178. The first kappa shape index (κ1) is 16.6. The number of carboxylic acids is 1. The predicted octanol–water partition coefficient (Wildman–Crippen LogP) is 1.08. The number of ether oxygens (including phenoxy) is 2. The van der Waals surface area contributed by atoms with Gasteiger partial charge in [-0.2, -0.15) is 0 Å². The van der Waals surface area contributed by atoms with Gasteiger partial charge in [0.05, 0.1) is 19.2 Å². The van der Waals surface area contributed by atoms with E-state index in [0.29, 0.717) is 17.1 Å². The van der Waals surface area contributed by atoms with Crippen LogP contribution >= 0.6 is 0 Å². The first-order valence-electron chi connectivity index (χ1n) is 7.99. The summed E-state index contributed by atoms with van der Waals surface area (Å²) in [6, 6.07) is 5.03. The largest absolute Gasteiger partial charge is 0.497 e. The van der Waals surface area contributed by atoms with Crippen molar-refractivity contribution < 1.29 is 24.2 Å². The Kier molecular flexibility index (Phi) is 4.36. The Labute approximate surface area is 140 Å². The van der Waals surface area contributed by atoms with Crippen LogP contribution in [0, 0.1) is 0 Å². The number of amides is 1. The number of carbonyl (C=O) groups excluding carboxylic acids is 1. The first-order valence-corrected chi connectivity index (χ1v) is 7.99. The first-order chi connectivity index (χ1) is 11.4. The fourth-order valence-corrected chi connectivity index (χ4v) is 3.32. The fraction of sp³-hybridized carbons (Fsp3) is 0.529. The maximum absolute atomic E-state index is 12.8. The summed E-state index contributed by atoms with van der Waals surface area (Å²) in [7, 11) is 3.60. The highest BCUT2D eigenvalue weighted by atomic mass is 16.5. The average Bonchev–Trinajstić information content (AvgIpc) is 2.65. The molecule has 7 nitrogen and oxygen atoms in total. The molecule has 1 aromatic carbocycles. The Hall–Kier alpha value is -2.28. The molecule has 0 radical (unpaired) electrons. The van der Waals surface area contributed by atoms with E-state index in [9.17, 15) is 14.7 Å². The Morgan fingerprint density at radius 2 is 2.08 bits per heavy atom. The van der Waals surface area contributed by atoms with Gasteiger partial charge in [-0.05, 0) is 19.2 Å². The van der Waals surface area contributed by atoms with Gasteiger partial charge in [-0.15, -0.1) is 0 Å². The summed E-state index contributed by atoms with van der Waals surface area (Å²) >= 11 is 0. The highest BCUT2D eigenvalue weighted by molar-refractivity contribution is 5.99. The Balaban J connectivity index is 2.01. The minimum absolute atomic E-state index is 0.281. The predicted molar refractivity (Wildman–Crippen MR) is 86.6 cm³/mol. The molecule has 1 N–H and O–H groups in total. The molecule has 0 unspecified atom stereocenters. The monoisotopic (exact) mass is 334 g/mol. The van der Waals surface area contributed by atoms with Gasteiger partial charge in [0.2, 0.25) is 0 Å². The van der Waals surface area contributed by atoms with E-state index >= 15 is 0 Å². The molecule has 0 aliphatic carbocycles. The van der Waals surface area contributed by atoms with Crippen molar-refractivity contribution in [3.8, 4) is 11.5 Å². The number of piperidine rings is 1. The number of fused-ring (bicyclic) bond motifs is 1. The molecule has 3 rings (SSSR count). The van der Waals surface area contributed by atoms with Crippen LogP contribution in [0.2, 0.25) is 0 Å². The quantitative estimate of drug-likeness (QED) is 0.891. The van der Waals surface area contributed by atoms with Gasteiger partial charge in [-0.3, -0.25) is 9.59 Å². The topological polar surface area (TPSA) is 79.3 Å². The van der Waals surface area contributed by atoms with Crippen molar-refractivity contribution in [1.82, 2.24) is 9.80 Å². The van der Waals surface area contributed by atoms with Crippen LogP contribution in [0.1, 0.15) is 23.2 Å². The number of benzene rings is 1. The van der Waals surface area contributed by atoms with Crippen molar-refractivity contribution >= 4 is 11.9 Å². The smallest absolute Gasteiger partial charge is 0.323 e. The SMILES string of the molecule is COc1ccc2c(c1)OC1(CCN(C)CC1)CN(CC(=O)O)C2=O. The molecule has 2 heterocycles. The molecule has 0 bridgehead atoms. The normalized spacial score (nSPS) is 20.2. The molecule has 24 heavy (non-hydrogen) atoms. The minimum Gasteiger partial charge on any atom is -0.497 e. The lowest BCUT2D eigenvalue weighted by atomic mass is 9.90. The van der Waals surface area contributed by atoms with Gasteiger partial charge in [-0.25, -0.2) is 0 Å². The standard InChI is InChI=1S/C17H22N2O5/c1-18-7-5-17(6-8-18)11-19(10-15(20)21)16(22)13-4-3-12(23-2)9-14(13)24-17/h3-4,9H,5-8,10-11H2,1-2H3,(H,20,21). The van der Waals surface area contributed by atoms with Gasteiger partial charge in [0.15, 0.2) is 0 Å². The van der Waals surface area contributed by atoms with E-state index in [1.165, 1.54) is 4.90 Å². The zero-order valence-corrected chi connectivity index (χ0v) is 13.9. The summed E-state index contributed by atoms with van der Waals surface area (Å²) < 4.78 is 11.5. The third-order valence-electron chi connectivity index (χ3n) is 4.74. The lowest BCUT2D eigenvalue weighted by Gasteiger charge is -2.41. The number of hydrogen-bond acceptors (Lipinski definition) is 5. The van der Waals surface area contributed by atoms with Gasteiger partial charge in [0.25, 0.3) is 5.91 Å². The zero-order valence-electron chi connectivity index (χ0n) is 13.9. The number of methoxy groups -OCH3 is 1. The van der Waals surface area contributed by atoms with E-state index in [2.05, 4.69) is 4.90 Å². The lowest BCUT2D eigenvalue weighted by Crippen LogP contribution is -2.54. The molecule has 0 aromatic heterocycles. The number of nitrogens with zero attached hydrogens (tertiary/aromatic N) is 2. The second-order valence-electron chi connectivity index (χ2n) is 6.51. The molecule has 7 heteroatoms. The average molecular weight is 334 g/mol. The molecule has 0 saturated carbocycles. The summed E-state index contributed by atoms with van der Waals surface area (Å²) in [6.45, 7) is 1.64. The maximum atomic E-state index is 12.8. The molecule has 1 amide bonds. The van der Waals surface area contributed by atoms with Gasteiger partial charge < -0.3 is 24.4 Å². The maximum Gasteiger partial charge on any atom is 0.323 e. The molecule has 130 valence electrons. The van der Waals surface area contributed by atoms with Gasteiger partial charge >= 0.3 is 5.97 Å². The van der Waals surface area contributed by atoms with Crippen LogP contribution in [0.15, 0.2) is 18.2 Å². The molecule has 1 aromatic rings. The highest BCUT2D eigenvalue weighted by Crippen LogP contribution is 2.37. The number of likely N-dealkylation sites (tertiary alicyclic amines) is 1. The summed E-state index contributed by atoms with van der Waals surface area (Å²) in [4.78, 5) is 27.6. The second kappa shape index (κ2) is 6.32. The third-order valence-corrected chi connectivity index (χ3v) is 4.74. The zero-order chi connectivity index (χ0) is 17.3. The van der Waals surface area contributed by atoms with Gasteiger partial charge in [-0.1, -0.05) is 0 Å². The number of aliphatic carboxylic acids is 1. The van der Waals surface area contributed by atoms with Crippen molar-refractivity contribution in [1.29, 1.82) is 0 Å². The molecular formula is C17H22N2O5. The minimum atomic E-state index is -1.02. The van der Waals surface area contributed by atoms with E-state index < -0.39 is 11.6 Å². The van der Waals surface area contributed by atoms with Crippen LogP contribution in [0.4, 0.5) is 0 Å². The van der Waals surface area contributed by atoms with Crippen LogP contribution in [-0.4, -0.2) is 72.7 Å². The third kappa shape index (κ3) is 3.17. The molecule has 2 aliphatic heterocycles. The summed E-state index contributed by atoms with van der Waals surface area (Å²) in [5.74, 6) is -0.262. The van der Waals surface area contributed by atoms with Crippen molar-refractivity contribution in [3.05, 3.63) is 23.8 Å². The van der Waals surface area contributed by atoms with E-state index in [1.807, 2.05) is 7.05 Å². The van der Waals surface area contributed by atoms with Crippen LogP contribution < -0.4 is 9.47 Å². The molecule has 0 atom stereocenters. The summed E-state index contributed by atoms with van der Waals surface area (Å²) in [5, 5.41) is 9.17. The van der Waals surface area contributed by atoms with Crippen LogP contribution in [0.25, 0.3) is 0 Å². The Morgan fingerprint density at radius 3 is 2.71 bits per heavy atom. The number of carboxylic acid groups (broad SMARTS) is 1. The highest BCUT2D eigenvalue weighted by Gasteiger charge is 2.43. The number of rotatable bonds is 3. The number of hydrogen-bond donors (Lipinski definition) is 1. The molecule has 1 spiro atoms. The molecular weight excluding hydrogens is 312 g/mol. The van der Waals surface area contributed by atoms with E-state index in [-0.39, 0.29) is 19.0 Å². The van der Waals surface area contributed by atoms with Crippen molar-refractivity contribution in [2.45, 2.75) is 18.4 Å². The van der Waals surface area contributed by atoms with Gasteiger partial charge in [0, 0.05) is 32.0 Å². The second-order valence-corrected chi connectivity index (χ2v) is 6.51. The van der Waals surface area contributed by atoms with Crippen LogP contribution in [0.5, 0.6) is 11.5 Å². The van der Waals surface area contributed by atoms with Crippen molar-refractivity contribution in [2.75, 3.05) is 40.3 Å². The molecule has 1 fully saturated rings. The van der Waals surface area contributed by atoms with Crippen molar-refractivity contribution in [2.24, 2.45) is 0 Å². The van der Waals surface area contributed by atoms with E-state index in [1.54, 1.807) is 25.3 Å². The van der Waals surface area contributed by atoms with Gasteiger partial charge in [0.1, 0.15) is 23.6 Å². The molecule has 1 saturated heterocycles. The lowest BCUT2D eigenvalue weighted by molar-refractivity contribution is -0.138. The van der Waals surface area contributed by atoms with Crippen molar-refractivity contribution in [3.63, 3.8) is 0 Å². The summed E-state index contributed by atoms with van der Waals surface area (Å²) in [6.07, 6.45) is 1.48. The molecule has 2 aliphatic rings. The number of carbonyl (C=O) groups is 2.